The predicted octanol–water partition coefficient (Wildman–Crippen LogP) is 2.49. The molecule has 1 saturated heterocycles. The molecule has 184 valence electrons. The van der Waals surface area contributed by atoms with Crippen LogP contribution in [0.25, 0.3) is 0 Å². The fraction of sp³-hybridized carbons (Fsp3) is 0.682. The van der Waals surface area contributed by atoms with Crippen molar-refractivity contribution in [3.63, 3.8) is 0 Å². The van der Waals surface area contributed by atoms with E-state index in [4.69, 9.17) is 9.15 Å². The first kappa shape index (κ1) is 25.2. The van der Waals surface area contributed by atoms with Crippen molar-refractivity contribution in [2.75, 3.05) is 20.6 Å². The molecule has 1 spiro atoms. The molecular formula is C22H33N3O7S. The summed E-state index contributed by atoms with van der Waals surface area (Å²) in [5.41, 5.74) is -0.775. The van der Waals surface area contributed by atoms with Gasteiger partial charge in [-0.3, -0.25) is 14.5 Å². The van der Waals surface area contributed by atoms with Crippen molar-refractivity contribution in [2.24, 2.45) is 11.3 Å². The van der Waals surface area contributed by atoms with Crippen LogP contribution in [-0.2, 0) is 31.0 Å². The molecule has 11 heteroatoms. The number of nitrogens with one attached hydrogen (secondary N) is 1. The maximum atomic E-state index is 13.1. The molecule has 0 bridgehead atoms. The van der Waals surface area contributed by atoms with Crippen molar-refractivity contribution in [3.05, 3.63) is 17.9 Å². The van der Waals surface area contributed by atoms with E-state index >= 15 is 0 Å². The molecule has 2 fully saturated rings. The molecular weight excluding hydrogens is 450 g/mol. The van der Waals surface area contributed by atoms with Gasteiger partial charge < -0.3 is 14.5 Å². The van der Waals surface area contributed by atoms with Gasteiger partial charge in [-0.25, -0.2) is 17.5 Å². The van der Waals surface area contributed by atoms with Crippen LogP contribution in [0, 0.1) is 11.3 Å². The van der Waals surface area contributed by atoms with Crippen LogP contribution < -0.4 is 5.32 Å². The first-order chi connectivity index (χ1) is 15.3. The van der Waals surface area contributed by atoms with Gasteiger partial charge in [0.1, 0.15) is 24.5 Å². The Bertz CT molecular complexity index is 1020. The second kappa shape index (κ2) is 9.09. The Kier molecular flexibility index (Phi) is 6.95. The molecule has 1 aromatic rings. The van der Waals surface area contributed by atoms with E-state index in [1.54, 1.807) is 0 Å². The summed E-state index contributed by atoms with van der Waals surface area (Å²) in [6, 6.07) is 2.07. The number of carbonyl (C=O) groups excluding carboxylic acids is 3. The molecule has 1 aliphatic heterocycles. The third kappa shape index (κ3) is 4.93. The highest BCUT2D eigenvalue weighted by molar-refractivity contribution is 7.88. The van der Waals surface area contributed by atoms with Crippen LogP contribution >= 0.6 is 0 Å². The van der Waals surface area contributed by atoms with Gasteiger partial charge in [-0.2, -0.15) is 0 Å². The van der Waals surface area contributed by atoms with E-state index in [9.17, 15) is 22.8 Å². The molecule has 2 heterocycles. The molecule has 33 heavy (non-hydrogen) atoms. The van der Waals surface area contributed by atoms with Crippen molar-refractivity contribution in [1.82, 2.24) is 14.5 Å². The second-order valence-electron chi connectivity index (χ2n) is 9.69. The van der Waals surface area contributed by atoms with Crippen LogP contribution in [0.15, 0.2) is 21.6 Å². The lowest BCUT2D eigenvalue weighted by molar-refractivity contribution is -0.149. The SMILES string of the molecule is CCC(C)(C)C1CCC2(CC1)NC(=O)N(CC(=O)OCc1ccc(S(=O)(=O)N(C)C)o1)C2=O. The average Bonchev–Trinajstić information content (AvgIpc) is 3.32. The van der Waals surface area contributed by atoms with Crippen molar-refractivity contribution >= 4 is 27.9 Å². The summed E-state index contributed by atoms with van der Waals surface area (Å²) in [6.07, 6.45) is 3.81. The quantitative estimate of drug-likeness (QED) is 0.445. The molecule has 3 rings (SSSR count). The lowest BCUT2D eigenvalue weighted by Gasteiger charge is -2.42. The Hall–Kier alpha value is -2.40. The molecule has 3 amide bonds. The van der Waals surface area contributed by atoms with Crippen molar-refractivity contribution < 1.29 is 32.0 Å². The number of esters is 1. The number of carbonyl (C=O) groups is 3. The summed E-state index contributed by atoms with van der Waals surface area (Å²) in [6.45, 7) is 5.78. The summed E-state index contributed by atoms with van der Waals surface area (Å²) < 4.78 is 35.5. The highest BCUT2D eigenvalue weighted by Crippen LogP contribution is 2.45. The summed E-state index contributed by atoms with van der Waals surface area (Å²) in [5, 5.41) is 2.54. The monoisotopic (exact) mass is 483 g/mol. The fourth-order valence-corrected chi connectivity index (χ4v) is 5.23. The number of imide groups is 1. The third-order valence-electron chi connectivity index (χ3n) is 7.14. The standard InChI is InChI=1S/C22H33N3O7S/c1-6-21(2,3)15-9-11-22(12-10-15)19(27)25(20(28)23-22)13-17(26)31-14-16-7-8-18(32-16)33(29,30)24(4)5/h7-8,15H,6,9-14H2,1-5H3,(H,23,28). The van der Waals surface area contributed by atoms with Crippen LogP contribution in [-0.4, -0.2) is 61.7 Å². The minimum Gasteiger partial charge on any atom is -0.456 e. The van der Waals surface area contributed by atoms with Gasteiger partial charge >= 0.3 is 12.0 Å². The molecule has 1 N–H and O–H groups in total. The van der Waals surface area contributed by atoms with Gasteiger partial charge in [0.05, 0.1) is 0 Å². The van der Waals surface area contributed by atoms with Gasteiger partial charge in [-0.1, -0.05) is 27.2 Å². The topological polar surface area (TPSA) is 126 Å². The zero-order chi connectivity index (χ0) is 24.6. The highest BCUT2D eigenvalue weighted by Gasteiger charge is 2.53. The van der Waals surface area contributed by atoms with Crippen molar-refractivity contribution in [2.45, 2.75) is 70.1 Å². The third-order valence-corrected chi connectivity index (χ3v) is 8.83. The van der Waals surface area contributed by atoms with Crippen molar-refractivity contribution in [3.8, 4) is 0 Å². The van der Waals surface area contributed by atoms with Crippen LogP contribution in [0.1, 0.15) is 58.6 Å². The summed E-state index contributed by atoms with van der Waals surface area (Å²) >= 11 is 0. The van der Waals surface area contributed by atoms with E-state index in [1.807, 2.05) is 0 Å². The molecule has 1 aromatic heterocycles. The molecule has 0 unspecified atom stereocenters. The van der Waals surface area contributed by atoms with Gasteiger partial charge in [0.25, 0.3) is 15.9 Å². The summed E-state index contributed by atoms with van der Waals surface area (Å²) in [4.78, 5) is 38.7. The molecule has 10 nitrogen and oxygen atoms in total. The number of sulfonamides is 1. The summed E-state index contributed by atoms with van der Waals surface area (Å²) in [5.74, 6) is -0.569. The number of ether oxygens (including phenoxy) is 1. The number of hydrogen-bond acceptors (Lipinski definition) is 7. The Balaban J connectivity index is 1.56. The van der Waals surface area contributed by atoms with E-state index < -0.39 is 40.0 Å². The average molecular weight is 484 g/mol. The Labute approximate surface area is 194 Å². The largest absolute Gasteiger partial charge is 0.456 e. The van der Waals surface area contributed by atoms with E-state index in [0.29, 0.717) is 18.8 Å². The Morgan fingerprint density at radius 3 is 2.48 bits per heavy atom. The number of furan rings is 1. The first-order valence-corrected chi connectivity index (χ1v) is 12.6. The second-order valence-corrected chi connectivity index (χ2v) is 11.8. The molecule has 0 atom stereocenters. The van der Waals surface area contributed by atoms with Gasteiger partial charge in [0.2, 0.25) is 5.09 Å². The van der Waals surface area contributed by atoms with E-state index in [2.05, 4.69) is 26.1 Å². The van der Waals surface area contributed by atoms with Crippen LogP contribution in [0.2, 0.25) is 0 Å². The van der Waals surface area contributed by atoms with Crippen LogP contribution in [0.4, 0.5) is 4.79 Å². The van der Waals surface area contributed by atoms with E-state index in [0.717, 1.165) is 28.5 Å². The maximum absolute atomic E-state index is 13.1. The molecule has 1 saturated carbocycles. The number of amides is 3. The number of urea groups is 1. The van der Waals surface area contributed by atoms with Gasteiger partial charge in [-0.05, 0) is 49.1 Å². The zero-order valence-electron chi connectivity index (χ0n) is 19.8. The molecule has 1 aliphatic carbocycles. The lowest BCUT2D eigenvalue weighted by Crippen LogP contribution is -2.51. The molecule has 0 radical (unpaired) electrons. The number of nitrogens with zero attached hydrogens (tertiary/aromatic N) is 2. The normalized spacial score (nSPS) is 23.9. The minimum atomic E-state index is -3.74. The zero-order valence-corrected chi connectivity index (χ0v) is 20.7. The van der Waals surface area contributed by atoms with Gasteiger partial charge in [0.15, 0.2) is 0 Å². The number of rotatable bonds is 8. The summed E-state index contributed by atoms with van der Waals surface area (Å²) in [7, 11) is -0.989. The molecule has 0 aromatic carbocycles. The lowest BCUT2D eigenvalue weighted by atomic mass is 9.65. The fourth-order valence-electron chi connectivity index (χ4n) is 4.42. The Morgan fingerprint density at radius 1 is 1.27 bits per heavy atom. The Morgan fingerprint density at radius 2 is 1.91 bits per heavy atom. The minimum absolute atomic E-state index is 0.134. The number of hydrogen-bond donors (Lipinski definition) is 1. The molecule has 2 aliphatic rings. The van der Waals surface area contributed by atoms with E-state index in [-0.39, 0.29) is 22.9 Å². The van der Waals surface area contributed by atoms with E-state index in [1.165, 1.54) is 26.2 Å². The van der Waals surface area contributed by atoms with Crippen LogP contribution in [0.5, 0.6) is 0 Å². The van der Waals surface area contributed by atoms with Crippen molar-refractivity contribution in [1.29, 1.82) is 0 Å². The first-order valence-electron chi connectivity index (χ1n) is 11.1. The van der Waals surface area contributed by atoms with Gasteiger partial charge in [0, 0.05) is 14.1 Å². The maximum Gasteiger partial charge on any atom is 0.326 e. The van der Waals surface area contributed by atoms with Gasteiger partial charge in [-0.15, -0.1) is 0 Å². The predicted molar refractivity (Wildman–Crippen MR) is 118 cm³/mol. The van der Waals surface area contributed by atoms with Crippen LogP contribution in [0.3, 0.4) is 0 Å². The smallest absolute Gasteiger partial charge is 0.326 e. The highest BCUT2D eigenvalue weighted by atomic mass is 32.2.